The first-order valence-corrected chi connectivity index (χ1v) is 10.1. The van der Waals surface area contributed by atoms with Gasteiger partial charge in [0.2, 0.25) is 0 Å². The number of rotatable bonds is 4. The second-order valence-electron chi connectivity index (χ2n) is 8.74. The summed E-state index contributed by atoms with van der Waals surface area (Å²) in [4.78, 5) is 23.1. The van der Waals surface area contributed by atoms with Crippen molar-refractivity contribution in [3.05, 3.63) is 35.4 Å². The Kier molecular flexibility index (Phi) is 5.02. The maximum Gasteiger partial charge on any atom is 0.410 e. The van der Waals surface area contributed by atoms with E-state index >= 15 is 0 Å². The van der Waals surface area contributed by atoms with Gasteiger partial charge in [0.15, 0.2) is 11.6 Å². The van der Waals surface area contributed by atoms with Gasteiger partial charge in [0.1, 0.15) is 11.4 Å². The summed E-state index contributed by atoms with van der Waals surface area (Å²) >= 11 is 0. The highest BCUT2D eigenvalue weighted by molar-refractivity contribution is 5.71. The van der Waals surface area contributed by atoms with Crippen molar-refractivity contribution in [2.24, 2.45) is 0 Å². The lowest BCUT2D eigenvalue weighted by Gasteiger charge is -2.29. The number of nitrogens with one attached hydrogen (secondary N) is 2. The number of H-pyrrole nitrogens is 1. The smallest absolute Gasteiger partial charge is 0.410 e. The van der Waals surface area contributed by atoms with Gasteiger partial charge in [0.25, 0.3) is 0 Å². The number of aryl methyl sites for hydroxylation is 1. The SMILES string of the molecule is Cc1cnc(C2=CCN(C(=O)OC(C)(C)C)CC2)nc1Nc1cc(C2CC2)[nH]n1. The van der Waals surface area contributed by atoms with Gasteiger partial charge in [-0.05, 0) is 52.5 Å². The molecule has 2 aliphatic rings. The summed E-state index contributed by atoms with van der Waals surface area (Å²) in [6.45, 7) is 8.67. The molecule has 0 unspecified atom stereocenters. The van der Waals surface area contributed by atoms with E-state index in [1.165, 1.54) is 18.5 Å². The Bertz CT molecular complexity index is 939. The molecule has 0 atom stereocenters. The molecule has 1 amide bonds. The van der Waals surface area contributed by atoms with Gasteiger partial charge in [-0.15, -0.1) is 0 Å². The van der Waals surface area contributed by atoms with Gasteiger partial charge in [-0.1, -0.05) is 6.08 Å². The molecule has 8 nitrogen and oxygen atoms in total. The predicted molar refractivity (Wildman–Crippen MR) is 111 cm³/mol. The Labute approximate surface area is 170 Å². The number of hydrogen-bond acceptors (Lipinski definition) is 6. The topological polar surface area (TPSA) is 96.0 Å². The van der Waals surface area contributed by atoms with Crippen LogP contribution in [-0.4, -0.2) is 49.8 Å². The molecule has 1 aliphatic carbocycles. The van der Waals surface area contributed by atoms with Crippen molar-refractivity contribution in [2.45, 2.75) is 58.5 Å². The molecule has 2 N–H and O–H groups in total. The molecule has 0 bridgehead atoms. The fourth-order valence-corrected chi connectivity index (χ4v) is 3.21. The molecular weight excluding hydrogens is 368 g/mol. The van der Waals surface area contributed by atoms with E-state index in [0.717, 1.165) is 22.8 Å². The number of amides is 1. The minimum absolute atomic E-state index is 0.287. The highest BCUT2D eigenvalue weighted by Gasteiger charge is 2.26. The van der Waals surface area contributed by atoms with Gasteiger partial charge in [0.05, 0.1) is 0 Å². The quantitative estimate of drug-likeness (QED) is 0.806. The molecule has 8 heteroatoms. The van der Waals surface area contributed by atoms with Crippen molar-refractivity contribution in [3.8, 4) is 0 Å². The number of aromatic amines is 1. The van der Waals surface area contributed by atoms with Crippen LogP contribution in [0, 0.1) is 6.92 Å². The monoisotopic (exact) mass is 396 g/mol. The maximum absolute atomic E-state index is 12.2. The van der Waals surface area contributed by atoms with E-state index in [4.69, 9.17) is 9.72 Å². The van der Waals surface area contributed by atoms with Crippen LogP contribution >= 0.6 is 0 Å². The molecule has 1 saturated carbocycles. The first-order valence-electron chi connectivity index (χ1n) is 10.1. The van der Waals surface area contributed by atoms with E-state index in [1.807, 2.05) is 40.0 Å². The van der Waals surface area contributed by atoms with Crippen LogP contribution in [0.1, 0.15) is 63.0 Å². The molecule has 29 heavy (non-hydrogen) atoms. The van der Waals surface area contributed by atoms with Crippen molar-refractivity contribution in [2.75, 3.05) is 18.4 Å². The van der Waals surface area contributed by atoms with Crippen LogP contribution in [0.3, 0.4) is 0 Å². The van der Waals surface area contributed by atoms with Crippen LogP contribution < -0.4 is 5.32 Å². The zero-order valence-corrected chi connectivity index (χ0v) is 17.5. The summed E-state index contributed by atoms with van der Waals surface area (Å²) in [7, 11) is 0. The third kappa shape index (κ3) is 4.75. The fraction of sp³-hybridized carbons (Fsp3) is 0.524. The lowest BCUT2D eigenvalue weighted by atomic mass is 10.1. The Hall–Kier alpha value is -2.90. The average Bonchev–Trinajstić information content (AvgIpc) is 3.42. The van der Waals surface area contributed by atoms with Crippen LogP contribution in [-0.2, 0) is 4.74 Å². The molecule has 0 spiro atoms. The highest BCUT2D eigenvalue weighted by Crippen LogP contribution is 2.39. The molecule has 0 aromatic carbocycles. The van der Waals surface area contributed by atoms with Crippen molar-refractivity contribution in [3.63, 3.8) is 0 Å². The van der Waals surface area contributed by atoms with Crippen molar-refractivity contribution in [1.82, 2.24) is 25.1 Å². The van der Waals surface area contributed by atoms with Crippen molar-refractivity contribution >= 4 is 23.3 Å². The molecule has 4 rings (SSSR count). The Morgan fingerprint density at radius 2 is 2.14 bits per heavy atom. The number of nitrogens with zero attached hydrogens (tertiary/aromatic N) is 4. The summed E-state index contributed by atoms with van der Waals surface area (Å²) in [5, 5.41) is 10.7. The predicted octanol–water partition coefficient (Wildman–Crippen LogP) is 4.15. The van der Waals surface area contributed by atoms with E-state index in [9.17, 15) is 4.79 Å². The first kappa shape index (κ1) is 19.4. The summed E-state index contributed by atoms with van der Waals surface area (Å²) in [6.07, 6.45) is 6.68. The number of aromatic nitrogens is 4. The molecule has 0 radical (unpaired) electrons. The van der Waals surface area contributed by atoms with Gasteiger partial charge in [-0.3, -0.25) is 5.10 Å². The van der Waals surface area contributed by atoms with E-state index in [1.54, 1.807) is 4.90 Å². The lowest BCUT2D eigenvalue weighted by molar-refractivity contribution is 0.0270. The van der Waals surface area contributed by atoms with Gasteiger partial charge < -0.3 is 15.0 Å². The normalized spacial score (nSPS) is 17.1. The highest BCUT2D eigenvalue weighted by atomic mass is 16.6. The lowest BCUT2D eigenvalue weighted by Crippen LogP contribution is -2.39. The van der Waals surface area contributed by atoms with Crippen LogP contribution in [0.2, 0.25) is 0 Å². The van der Waals surface area contributed by atoms with E-state index in [2.05, 4.69) is 26.6 Å². The summed E-state index contributed by atoms with van der Waals surface area (Å²) < 4.78 is 5.45. The molecule has 0 saturated heterocycles. The number of ether oxygens (including phenoxy) is 1. The molecule has 3 heterocycles. The molecule has 2 aromatic heterocycles. The van der Waals surface area contributed by atoms with Crippen LogP contribution in [0.15, 0.2) is 18.3 Å². The van der Waals surface area contributed by atoms with Gasteiger partial charge in [0, 0.05) is 42.5 Å². The summed E-state index contributed by atoms with van der Waals surface area (Å²) in [5.41, 5.74) is 2.68. The second-order valence-corrected chi connectivity index (χ2v) is 8.74. The number of hydrogen-bond donors (Lipinski definition) is 2. The summed E-state index contributed by atoms with van der Waals surface area (Å²) in [5.74, 6) is 2.83. The van der Waals surface area contributed by atoms with Gasteiger partial charge >= 0.3 is 6.09 Å². The van der Waals surface area contributed by atoms with Crippen LogP contribution in [0.4, 0.5) is 16.4 Å². The zero-order valence-electron chi connectivity index (χ0n) is 17.5. The standard InChI is InChI=1S/C21H28N6O2/c1-13-12-22-19(15-7-9-27(10-8-15)20(28)29-21(2,3)4)24-18(13)23-17-11-16(25-26-17)14-5-6-14/h7,11-12,14H,5-6,8-10H2,1-4H3,(H2,22,23,24,25,26). The van der Waals surface area contributed by atoms with Gasteiger partial charge in [-0.25, -0.2) is 14.8 Å². The molecule has 154 valence electrons. The Morgan fingerprint density at radius 1 is 1.34 bits per heavy atom. The number of carbonyl (C=O) groups excluding carboxylic acids is 1. The third-order valence-electron chi connectivity index (χ3n) is 4.98. The first-order chi connectivity index (χ1) is 13.8. The number of carbonyl (C=O) groups is 1. The van der Waals surface area contributed by atoms with E-state index in [0.29, 0.717) is 31.3 Å². The van der Waals surface area contributed by atoms with Crippen molar-refractivity contribution in [1.29, 1.82) is 0 Å². The van der Waals surface area contributed by atoms with Crippen LogP contribution in [0.5, 0.6) is 0 Å². The van der Waals surface area contributed by atoms with Gasteiger partial charge in [-0.2, -0.15) is 5.10 Å². The zero-order chi connectivity index (χ0) is 20.6. The number of anilines is 2. The second kappa shape index (κ2) is 7.50. The molecule has 2 aromatic rings. The summed E-state index contributed by atoms with van der Waals surface area (Å²) in [6, 6.07) is 2.05. The van der Waals surface area contributed by atoms with E-state index < -0.39 is 5.60 Å². The van der Waals surface area contributed by atoms with Crippen molar-refractivity contribution < 1.29 is 9.53 Å². The minimum Gasteiger partial charge on any atom is -0.444 e. The molecule has 1 aliphatic heterocycles. The molecular formula is C21H28N6O2. The fourth-order valence-electron chi connectivity index (χ4n) is 3.21. The Morgan fingerprint density at radius 3 is 2.79 bits per heavy atom. The molecule has 1 fully saturated rings. The largest absolute Gasteiger partial charge is 0.444 e. The average molecular weight is 396 g/mol. The van der Waals surface area contributed by atoms with Crippen LogP contribution in [0.25, 0.3) is 5.57 Å². The third-order valence-corrected chi connectivity index (χ3v) is 4.98. The Balaban J connectivity index is 1.45. The van der Waals surface area contributed by atoms with E-state index in [-0.39, 0.29) is 6.09 Å². The maximum atomic E-state index is 12.2. The minimum atomic E-state index is -0.493.